The van der Waals surface area contributed by atoms with Crippen molar-refractivity contribution >= 4 is 51.3 Å². The molecule has 0 aliphatic rings. The number of aromatic amines is 1. The van der Waals surface area contributed by atoms with Crippen LogP contribution in [0.15, 0.2) is 78.4 Å². The van der Waals surface area contributed by atoms with Gasteiger partial charge in [0.1, 0.15) is 29.8 Å². The van der Waals surface area contributed by atoms with Gasteiger partial charge in [0, 0.05) is 3.57 Å². The van der Waals surface area contributed by atoms with Gasteiger partial charge in [-0.25, -0.2) is 4.98 Å². The maximum Gasteiger partial charge on any atom is 0.266 e. The van der Waals surface area contributed by atoms with Crippen molar-refractivity contribution in [3.8, 4) is 11.8 Å². The SMILES string of the molecule is N#C/C(=C/c1ccc(OCc2nc3ccccc3[nH]2)cc1)C(=O)Nc1ccccc1I. The van der Waals surface area contributed by atoms with E-state index in [1.54, 1.807) is 36.4 Å². The van der Waals surface area contributed by atoms with Crippen molar-refractivity contribution in [3.05, 3.63) is 93.3 Å². The smallest absolute Gasteiger partial charge is 0.266 e. The van der Waals surface area contributed by atoms with Crippen LogP contribution in [0.5, 0.6) is 5.75 Å². The Kier molecular flexibility index (Phi) is 6.29. The molecule has 6 nitrogen and oxygen atoms in total. The number of benzene rings is 3. The summed E-state index contributed by atoms with van der Waals surface area (Å²) in [5.74, 6) is 0.959. The third-order valence-electron chi connectivity index (χ3n) is 4.49. The number of para-hydroxylation sites is 3. The highest BCUT2D eigenvalue weighted by Gasteiger charge is 2.11. The highest BCUT2D eigenvalue weighted by molar-refractivity contribution is 14.1. The van der Waals surface area contributed by atoms with Crippen molar-refractivity contribution in [3.63, 3.8) is 0 Å². The Morgan fingerprint density at radius 1 is 1.10 bits per heavy atom. The first kappa shape index (κ1) is 20.6. The number of hydrogen-bond donors (Lipinski definition) is 2. The van der Waals surface area contributed by atoms with Crippen LogP contribution in [0.3, 0.4) is 0 Å². The van der Waals surface area contributed by atoms with E-state index in [1.807, 2.05) is 48.5 Å². The zero-order chi connectivity index (χ0) is 21.6. The number of hydrogen-bond acceptors (Lipinski definition) is 4. The lowest BCUT2D eigenvalue weighted by atomic mass is 10.1. The molecular formula is C24H17IN4O2. The number of amides is 1. The van der Waals surface area contributed by atoms with Crippen LogP contribution in [0.4, 0.5) is 5.69 Å². The number of ether oxygens (including phenoxy) is 1. The van der Waals surface area contributed by atoms with E-state index < -0.39 is 5.91 Å². The van der Waals surface area contributed by atoms with Gasteiger partial charge >= 0.3 is 0 Å². The fourth-order valence-electron chi connectivity index (χ4n) is 2.95. The summed E-state index contributed by atoms with van der Waals surface area (Å²) in [6.45, 7) is 0.311. The number of nitriles is 1. The third kappa shape index (κ3) is 5.10. The van der Waals surface area contributed by atoms with E-state index >= 15 is 0 Å². The lowest BCUT2D eigenvalue weighted by Crippen LogP contribution is -2.14. The number of carbonyl (C=O) groups excluding carboxylic acids is 1. The second-order valence-electron chi connectivity index (χ2n) is 6.66. The Morgan fingerprint density at radius 2 is 1.84 bits per heavy atom. The molecule has 1 heterocycles. The molecule has 0 atom stereocenters. The van der Waals surface area contributed by atoms with Crippen LogP contribution in [-0.4, -0.2) is 15.9 Å². The van der Waals surface area contributed by atoms with Gasteiger partial charge in [-0.3, -0.25) is 4.79 Å². The van der Waals surface area contributed by atoms with Crippen LogP contribution < -0.4 is 10.1 Å². The van der Waals surface area contributed by atoms with Crippen molar-refractivity contribution in [2.45, 2.75) is 6.61 Å². The lowest BCUT2D eigenvalue weighted by molar-refractivity contribution is -0.112. The largest absolute Gasteiger partial charge is 0.486 e. The van der Waals surface area contributed by atoms with E-state index in [1.165, 1.54) is 0 Å². The van der Waals surface area contributed by atoms with Gasteiger partial charge in [-0.15, -0.1) is 0 Å². The molecule has 7 heteroatoms. The molecule has 1 amide bonds. The highest BCUT2D eigenvalue weighted by atomic mass is 127. The van der Waals surface area contributed by atoms with Crippen LogP contribution in [0, 0.1) is 14.9 Å². The van der Waals surface area contributed by atoms with Crippen LogP contribution in [0.1, 0.15) is 11.4 Å². The Bertz CT molecular complexity index is 1270. The molecular weight excluding hydrogens is 503 g/mol. The van der Waals surface area contributed by atoms with Crippen LogP contribution in [0.2, 0.25) is 0 Å². The maximum atomic E-state index is 12.5. The number of aromatic nitrogens is 2. The van der Waals surface area contributed by atoms with Crippen molar-refractivity contribution in [1.82, 2.24) is 9.97 Å². The second kappa shape index (κ2) is 9.45. The Balaban J connectivity index is 1.41. The van der Waals surface area contributed by atoms with Crippen molar-refractivity contribution in [1.29, 1.82) is 5.26 Å². The number of nitrogens with one attached hydrogen (secondary N) is 2. The molecule has 0 fully saturated rings. The first-order valence-electron chi connectivity index (χ1n) is 9.46. The quantitative estimate of drug-likeness (QED) is 0.205. The predicted molar refractivity (Wildman–Crippen MR) is 128 cm³/mol. The van der Waals surface area contributed by atoms with Gasteiger partial charge in [-0.05, 0) is 70.6 Å². The predicted octanol–water partition coefficient (Wildman–Crippen LogP) is 5.29. The molecule has 0 spiro atoms. The normalized spacial score (nSPS) is 11.2. The molecule has 0 saturated carbocycles. The summed E-state index contributed by atoms with van der Waals surface area (Å²) in [5.41, 5.74) is 3.29. The molecule has 4 aromatic rings. The zero-order valence-electron chi connectivity index (χ0n) is 16.3. The summed E-state index contributed by atoms with van der Waals surface area (Å²) in [5, 5.41) is 12.2. The number of imidazole rings is 1. The number of H-pyrrole nitrogens is 1. The summed E-state index contributed by atoms with van der Waals surface area (Å²) in [4.78, 5) is 20.2. The molecule has 4 rings (SSSR count). The number of carbonyl (C=O) groups is 1. The summed E-state index contributed by atoms with van der Waals surface area (Å²) in [6.07, 6.45) is 1.55. The summed E-state index contributed by atoms with van der Waals surface area (Å²) < 4.78 is 6.69. The molecule has 0 radical (unpaired) electrons. The summed E-state index contributed by atoms with van der Waals surface area (Å²) in [7, 11) is 0. The monoisotopic (exact) mass is 520 g/mol. The highest BCUT2D eigenvalue weighted by Crippen LogP contribution is 2.20. The summed E-state index contributed by atoms with van der Waals surface area (Å²) >= 11 is 2.13. The van der Waals surface area contributed by atoms with Gasteiger partial charge in [-0.1, -0.05) is 36.4 Å². The van der Waals surface area contributed by atoms with Crippen LogP contribution >= 0.6 is 22.6 Å². The van der Waals surface area contributed by atoms with E-state index in [-0.39, 0.29) is 5.57 Å². The van der Waals surface area contributed by atoms with Crippen molar-refractivity contribution in [2.75, 3.05) is 5.32 Å². The molecule has 0 bridgehead atoms. The fourth-order valence-corrected chi connectivity index (χ4v) is 3.48. The fraction of sp³-hybridized carbons (Fsp3) is 0.0417. The van der Waals surface area contributed by atoms with Gasteiger partial charge in [0.15, 0.2) is 0 Å². The molecule has 0 aliphatic heterocycles. The second-order valence-corrected chi connectivity index (χ2v) is 7.82. The number of halogens is 1. The van der Waals surface area contributed by atoms with Crippen LogP contribution in [0.25, 0.3) is 17.1 Å². The zero-order valence-corrected chi connectivity index (χ0v) is 18.5. The molecule has 3 aromatic carbocycles. The lowest BCUT2D eigenvalue weighted by Gasteiger charge is -2.07. The molecule has 1 aromatic heterocycles. The number of nitrogens with zero attached hydrogens (tertiary/aromatic N) is 2. The van der Waals surface area contributed by atoms with E-state index in [0.29, 0.717) is 18.0 Å². The first-order valence-corrected chi connectivity index (χ1v) is 10.5. The van der Waals surface area contributed by atoms with Gasteiger partial charge in [0.25, 0.3) is 5.91 Å². The van der Waals surface area contributed by atoms with Crippen LogP contribution in [-0.2, 0) is 11.4 Å². The Hall–Kier alpha value is -3.64. The molecule has 0 unspecified atom stereocenters. The van der Waals surface area contributed by atoms with Gasteiger partial charge in [-0.2, -0.15) is 5.26 Å². The summed E-state index contributed by atoms with van der Waals surface area (Å²) in [6, 6.07) is 24.3. The number of rotatable bonds is 6. The first-order chi connectivity index (χ1) is 15.1. The molecule has 0 aliphatic carbocycles. The number of anilines is 1. The number of fused-ring (bicyclic) bond motifs is 1. The van der Waals surface area contributed by atoms with E-state index in [9.17, 15) is 10.1 Å². The van der Waals surface area contributed by atoms with Gasteiger partial charge in [0.2, 0.25) is 0 Å². The topological polar surface area (TPSA) is 90.8 Å². The van der Waals surface area contributed by atoms with E-state index in [4.69, 9.17) is 4.74 Å². The van der Waals surface area contributed by atoms with Crippen molar-refractivity contribution in [2.24, 2.45) is 0 Å². The Labute approximate surface area is 192 Å². The van der Waals surface area contributed by atoms with Crippen molar-refractivity contribution < 1.29 is 9.53 Å². The average Bonchev–Trinajstić information content (AvgIpc) is 3.21. The molecule has 2 N–H and O–H groups in total. The maximum absolute atomic E-state index is 12.5. The minimum absolute atomic E-state index is 0.0237. The van der Waals surface area contributed by atoms with Gasteiger partial charge < -0.3 is 15.0 Å². The third-order valence-corrected chi connectivity index (χ3v) is 5.43. The molecule has 31 heavy (non-hydrogen) atoms. The van der Waals surface area contributed by atoms with E-state index in [0.717, 1.165) is 26.0 Å². The van der Waals surface area contributed by atoms with E-state index in [2.05, 4.69) is 37.9 Å². The average molecular weight is 520 g/mol. The van der Waals surface area contributed by atoms with Gasteiger partial charge in [0.05, 0.1) is 16.7 Å². The molecule has 0 saturated heterocycles. The molecule has 152 valence electrons. The minimum Gasteiger partial charge on any atom is -0.486 e. The Morgan fingerprint density at radius 3 is 2.58 bits per heavy atom. The minimum atomic E-state index is -0.447. The standard InChI is InChI=1S/C24H17IN4O2/c25-19-5-1-2-6-20(19)29-24(30)17(14-26)13-16-9-11-18(12-10-16)31-15-23-27-21-7-3-4-8-22(21)28-23/h1-13H,15H2,(H,27,28)(H,29,30)/b17-13-.